The summed E-state index contributed by atoms with van der Waals surface area (Å²) in [6, 6.07) is 49.6. The zero-order valence-electron chi connectivity index (χ0n) is 25.9. The monoisotopic (exact) mass is 674 g/mol. The summed E-state index contributed by atoms with van der Waals surface area (Å²) in [5.41, 5.74) is 3.07. The van der Waals surface area contributed by atoms with Crippen molar-refractivity contribution in [3.8, 4) is 0 Å². The Morgan fingerprint density at radius 1 is 0.306 bits per heavy atom. The van der Waals surface area contributed by atoms with Crippen molar-refractivity contribution in [2.45, 2.75) is 12.4 Å². The van der Waals surface area contributed by atoms with Crippen molar-refractivity contribution >= 4 is 40.0 Å². The molecule has 0 saturated carbocycles. The van der Waals surface area contributed by atoms with E-state index in [2.05, 4.69) is 0 Å². The zero-order valence-corrected chi connectivity index (χ0v) is 26.9. The van der Waals surface area contributed by atoms with E-state index >= 15 is 0 Å². The van der Waals surface area contributed by atoms with Crippen LogP contribution in [0, 0.1) is 0 Å². The maximum atomic E-state index is 13.9. The van der Waals surface area contributed by atoms with Gasteiger partial charge in [-0.25, -0.2) is 0 Å². The van der Waals surface area contributed by atoms with Gasteiger partial charge >= 0.3 is 12.4 Å². The Morgan fingerprint density at radius 3 is 0.878 bits per heavy atom. The fraction of sp³-hybridized carbons (Fsp3) is 0.0476. The minimum Gasteiger partial charge on any atom is -0.166 e. The molecular weight excluding hydrogens is 647 g/mol. The van der Waals surface area contributed by atoms with Crippen molar-refractivity contribution in [1.82, 2.24) is 0 Å². The first kappa shape index (κ1) is 32.2. The number of allylic oxidation sites excluding steroid dienone is 2. The molecule has 6 aromatic carbocycles. The molecule has 7 heteroatoms. The van der Waals surface area contributed by atoms with E-state index in [1.807, 2.05) is 121 Å². The van der Waals surface area contributed by atoms with Crippen LogP contribution in [0.25, 0.3) is 21.5 Å². The van der Waals surface area contributed by atoms with Gasteiger partial charge in [0.2, 0.25) is 0 Å². The molecule has 0 unspecified atom stereocenters. The van der Waals surface area contributed by atoms with Gasteiger partial charge in [-0.1, -0.05) is 146 Å². The highest BCUT2D eigenvalue weighted by Crippen LogP contribution is 2.55. The number of benzene rings is 6. The number of rotatable bonds is 6. The molecule has 1 aliphatic heterocycles. The van der Waals surface area contributed by atoms with Crippen molar-refractivity contribution in [1.29, 1.82) is 0 Å². The summed E-state index contributed by atoms with van der Waals surface area (Å²) in [4.78, 5) is 0. The van der Waals surface area contributed by atoms with E-state index in [4.69, 9.17) is 0 Å². The van der Waals surface area contributed by atoms with Crippen LogP contribution in [0.3, 0.4) is 0 Å². The highest BCUT2D eigenvalue weighted by molar-refractivity contribution is 7.29. The van der Waals surface area contributed by atoms with Gasteiger partial charge in [0.05, 0.1) is 11.1 Å². The van der Waals surface area contributed by atoms with Crippen LogP contribution in [-0.2, 0) is 12.4 Å². The molecule has 7 rings (SSSR count). The SMILES string of the molecule is FC(F)(F)c1ccc(C2=C(c3ccccc3)C(c3ccccc3)=C(c3ccc(C(F)(F)F)cc3)[Si]2(c2ccccc2)c2ccccc2)cc1. The molecule has 0 atom stereocenters. The van der Waals surface area contributed by atoms with Crippen molar-refractivity contribution < 1.29 is 26.3 Å². The average Bonchev–Trinajstić information content (AvgIpc) is 3.45. The Hall–Kier alpha value is -5.40. The first-order valence-electron chi connectivity index (χ1n) is 15.7. The van der Waals surface area contributed by atoms with Crippen LogP contribution in [0.5, 0.6) is 0 Å². The molecule has 0 spiro atoms. The summed E-state index contributed by atoms with van der Waals surface area (Å²) in [7, 11) is -3.55. The first-order valence-corrected chi connectivity index (χ1v) is 17.7. The topological polar surface area (TPSA) is 0 Å². The highest BCUT2D eigenvalue weighted by atomic mass is 28.3. The first-order chi connectivity index (χ1) is 23.6. The molecule has 0 N–H and O–H groups in total. The fourth-order valence-corrected chi connectivity index (χ4v) is 12.6. The largest absolute Gasteiger partial charge is 0.416 e. The predicted octanol–water partition coefficient (Wildman–Crippen LogP) is 10.6. The van der Waals surface area contributed by atoms with Crippen LogP contribution in [0.15, 0.2) is 170 Å². The van der Waals surface area contributed by atoms with Crippen LogP contribution in [0.2, 0.25) is 0 Å². The molecule has 0 amide bonds. The van der Waals surface area contributed by atoms with Gasteiger partial charge in [0.15, 0.2) is 8.07 Å². The van der Waals surface area contributed by atoms with E-state index in [1.165, 1.54) is 24.3 Å². The third kappa shape index (κ3) is 5.74. The molecule has 49 heavy (non-hydrogen) atoms. The van der Waals surface area contributed by atoms with Crippen LogP contribution >= 0.6 is 0 Å². The maximum Gasteiger partial charge on any atom is 0.416 e. The van der Waals surface area contributed by atoms with Crippen molar-refractivity contribution in [2.75, 3.05) is 0 Å². The summed E-state index contributed by atoms with van der Waals surface area (Å²) in [5, 5.41) is 3.62. The molecule has 0 bridgehead atoms. The van der Waals surface area contributed by atoms with E-state index < -0.39 is 31.6 Å². The standard InChI is InChI=1S/C42H28F6Si/c43-41(44,45)33-25-21-31(22-26-33)39-37(29-13-5-1-6-14-29)38(30-15-7-2-8-16-30)40(32-23-27-34(28-24-32)42(46,47)48)49(39,35-17-9-3-10-18-35)36-19-11-4-12-20-36/h1-28H. The number of halogens is 6. The molecule has 1 aliphatic rings. The summed E-state index contributed by atoms with van der Waals surface area (Å²) in [6.45, 7) is 0. The Morgan fingerprint density at radius 2 is 0.592 bits per heavy atom. The quantitative estimate of drug-likeness (QED) is 0.122. The van der Waals surface area contributed by atoms with Crippen molar-refractivity contribution in [3.05, 3.63) is 203 Å². The molecule has 0 nitrogen and oxygen atoms in total. The molecule has 1 heterocycles. The highest BCUT2D eigenvalue weighted by Gasteiger charge is 2.53. The van der Waals surface area contributed by atoms with Crippen molar-refractivity contribution in [3.63, 3.8) is 0 Å². The fourth-order valence-electron chi connectivity index (χ4n) is 7.03. The van der Waals surface area contributed by atoms with Crippen LogP contribution < -0.4 is 10.4 Å². The molecule has 6 aromatic rings. The average molecular weight is 675 g/mol. The van der Waals surface area contributed by atoms with E-state index in [1.54, 1.807) is 0 Å². The molecule has 0 radical (unpaired) electrons. The Labute approximate surface area is 281 Å². The van der Waals surface area contributed by atoms with Gasteiger partial charge in [-0.15, -0.1) is 0 Å². The third-order valence-electron chi connectivity index (χ3n) is 9.04. The second kappa shape index (κ2) is 12.6. The lowest BCUT2D eigenvalue weighted by molar-refractivity contribution is -0.138. The number of alkyl halides is 6. The number of hydrogen-bond donors (Lipinski definition) is 0. The lowest BCUT2D eigenvalue weighted by atomic mass is 9.89. The van der Waals surface area contributed by atoms with E-state index in [0.717, 1.165) is 67.3 Å². The van der Waals surface area contributed by atoms with E-state index in [-0.39, 0.29) is 0 Å². The van der Waals surface area contributed by atoms with Gasteiger partial charge in [0.25, 0.3) is 0 Å². The molecule has 0 aliphatic carbocycles. The maximum absolute atomic E-state index is 13.9. The number of hydrogen-bond acceptors (Lipinski definition) is 0. The molecule has 0 saturated heterocycles. The van der Waals surface area contributed by atoms with Gasteiger partial charge in [-0.3, -0.25) is 0 Å². The lowest BCUT2D eigenvalue weighted by Gasteiger charge is -2.36. The Balaban J connectivity index is 1.72. The Bertz CT molecular complexity index is 1970. The van der Waals surface area contributed by atoms with Gasteiger partial charge < -0.3 is 0 Å². The smallest absolute Gasteiger partial charge is 0.166 e. The lowest BCUT2D eigenvalue weighted by Crippen LogP contribution is -2.59. The predicted molar refractivity (Wildman–Crippen MR) is 187 cm³/mol. The molecular formula is C42H28F6Si. The summed E-state index contributed by atoms with van der Waals surface area (Å²) >= 11 is 0. The Kier molecular flexibility index (Phi) is 8.24. The van der Waals surface area contributed by atoms with Crippen LogP contribution in [0.4, 0.5) is 26.3 Å². The summed E-state index contributed by atoms with van der Waals surface area (Å²) in [6.07, 6.45) is -9.06. The zero-order chi connectivity index (χ0) is 34.2. The van der Waals surface area contributed by atoms with Gasteiger partial charge in [0.1, 0.15) is 0 Å². The van der Waals surface area contributed by atoms with Crippen molar-refractivity contribution in [2.24, 2.45) is 0 Å². The van der Waals surface area contributed by atoms with E-state index in [9.17, 15) is 26.3 Å². The summed E-state index contributed by atoms with van der Waals surface area (Å²) in [5.74, 6) is 0. The van der Waals surface area contributed by atoms with Gasteiger partial charge in [-0.2, -0.15) is 26.3 Å². The minimum atomic E-state index is -4.53. The normalized spacial score (nSPS) is 14.7. The second-order valence-corrected chi connectivity index (χ2v) is 15.5. The van der Waals surface area contributed by atoms with E-state index in [0.29, 0.717) is 11.1 Å². The molecule has 0 aromatic heterocycles. The van der Waals surface area contributed by atoms with Crippen LogP contribution in [0.1, 0.15) is 33.4 Å². The summed E-state index contributed by atoms with van der Waals surface area (Å²) < 4.78 is 83.5. The second-order valence-electron chi connectivity index (χ2n) is 11.9. The third-order valence-corrected chi connectivity index (χ3v) is 14.0. The van der Waals surface area contributed by atoms with Gasteiger partial charge in [0, 0.05) is 0 Å². The van der Waals surface area contributed by atoms with Crippen LogP contribution in [-0.4, -0.2) is 8.07 Å². The molecule has 242 valence electrons. The minimum absolute atomic E-state index is 0.613. The molecule has 0 fully saturated rings. The van der Waals surface area contributed by atoms with Gasteiger partial charge in [-0.05, 0) is 78.4 Å².